The second-order valence-electron chi connectivity index (χ2n) is 10.9. The normalized spacial score (nSPS) is 18.4. The molecule has 0 saturated carbocycles. The zero-order chi connectivity index (χ0) is 30.9. The summed E-state index contributed by atoms with van der Waals surface area (Å²) < 4.78 is 46.2. The molecule has 43 heavy (non-hydrogen) atoms. The summed E-state index contributed by atoms with van der Waals surface area (Å²) in [5.74, 6) is 1.35. The minimum absolute atomic E-state index is 0.0381. The molecule has 1 unspecified atom stereocenters. The molecular weight excluding hydrogens is 557 g/mol. The molecule has 0 amide bonds. The van der Waals surface area contributed by atoms with Crippen molar-refractivity contribution in [1.82, 2.24) is 19.4 Å². The fourth-order valence-corrected chi connectivity index (χ4v) is 5.80. The number of piperazine rings is 1. The summed E-state index contributed by atoms with van der Waals surface area (Å²) in [4.78, 5) is 30.5. The lowest BCUT2D eigenvalue weighted by molar-refractivity contribution is -0.137. The number of fused-ring (bicyclic) bond motifs is 1. The fraction of sp³-hybridized carbons (Fsp3) is 0.375. The average molecular weight is 591 g/mol. The van der Waals surface area contributed by atoms with E-state index in [9.17, 15) is 18.0 Å². The molecule has 2 aromatic carbocycles. The maximum Gasteiger partial charge on any atom is 0.416 e. The molecule has 1 aliphatic rings. The maximum atomic E-state index is 13.5. The molecule has 0 N–H and O–H groups in total. The van der Waals surface area contributed by atoms with Crippen molar-refractivity contribution in [1.29, 1.82) is 0 Å². The van der Waals surface area contributed by atoms with Crippen LogP contribution in [0.2, 0.25) is 0 Å². The molecule has 0 bridgehead atoms. The highest BCUT2D eigenvalue weighted by atomic mass is 19.4. The maximum absolute atomic E-state index is 13.5. The number of methoxy groups -OCH3 is 1. The summed E-state index contributed by atoms with van der Waals surface area (Å²) >= 11 is 0. The average Bonchev–Trinajstić information content (AvgIpc) is 3.01. The molecule has 224 valence electrons. The Hall–Kier alpha value is -4.43. The summed E-state index contributed by atoms with van der Waals surface area (Å²) in [6.45, 7) is 15.1. The van der Waals surface area contributed by atoms with Gasteiger partial charge >= 0.3 is 11.9 Å². The second kappa shape index (κ2) is 12.1. The van der Waals surface area contributed by atoms with E-state index in [2.05, 4.69) is 31.5 Å². The van der Waals surface area contributed by atoms with Gasteiger partial charge in [0.15, 0.2) is 5.82 Å². The Kier molecular flexibility index (Phi) is 8.42. The predicted molar refractivity (Wildman–Crippen MR) is 160 cm³/mol. The molecular formula is C32H33F3N6O2. The number of aromatic nitrogens is 3. The van der Waals surface area contributed by atoms with Crippen molar-refractivity contribution in [3.05, 3.63) is 99.3 Å². The van der Waals surface area contributed by atoms with Crippen molar-refractivity contribution in [2.75, 3.05) is 25.1 Å². The lowest BCUT2D eigenvalue weighted by atomic mass is 9.98. The highest BCUT2D eigenvalue weighted by Gasteiger charge is 2.37. The molecule has 3 heterocycles. The van der Waals surface area contributed by atoms with Crippen molar-refractivity contribution in [2.24, 2.45) is 0 Å². The van der Waals surface area contributed by atoms with Crippen LogP contribution in [0, 0.1) is 6.57 Å². The third kappa shape index (κ3) is 6.06. The van der Waals surface area contributed by atoms with Crippen LogP contribution >= 0.6 is 0 Å². The van der Waals surface area contributed by atoms with E-state index in [1.54, 1.807) is 35.9 Å². The number of pyridine rings is 1. The Morgan fingerprint density at radius 3 is 2.35 bits per heavy atom. The van der Waals surface area contributed by atoms with E-state index in [4.69, 9.17) is 11.3 Å². The first-order valence-electron chi connectivity index (χ1n) is 14.2. The minimum Gasteiger partial charge on any atom is -0.497 e. The van der Waals surface area contributed by atoms with E-state index in [1.807, 2.05) is 38.1 Å². The molecule has 0 aliphatic carbocycles. The van der Waals surface area contributed by atoms with Gasteiger partial charge in [0.1, 0.15) is 5.75 Å². The van der Waals surface area contributed by atoms with E-state index in [0.717, 1.165) is 29.7 Å². The van der Waals surface area contributed by atoms with E-state index < -0.39 is 17.4 Å². The van der Waals surface area contributed by atoms with Gasteiger partial charge in [-0.15, -0.1) is 4.98 Å². The monoisotopic (exact) mass is 590 g/mol. The van der Waals surface area contributed by atoms with Crippen molar-refractivity contribution >= 4 is 22.7 Å². The highest BCUT2D eigenvalue weighted by Crippen LogP contribution is 2.35. The Morgan fingerprint density at radius 1 is 1.05 bits per heavy atom. The largest absolute Gasteiger partial charge is 0.497 e. The van der Waals surface area contributed by atoms with Crippen LogP contribution in [-0.2, 0) is 12.7 Å². The van der Waals surface area contributed by atoms with Gasteiger partial charge in [-0.1, -0.05) is 37.8 Å². The summed E-state index contributed by atoms with van der Waals surface area (Å²) in [7, 11) is 1.59. The van der Waals surface area contributed by atoms with Gasteiger partial charge in [0, 0.05) is 31.2 Å². The third-order valence-electron chi connectivity index (χ3n) is 8.25. The number of anilines is 1. The first kappa shape index (κ1) is 30.0. The van der Waals surface area contributed by atoms with Crippen LogP contribution in [0.25, 0.3) is 15.9 Å². The molecule has 2 aromatic heterocycles. The van der Waals surface area contributed by atoms with Crippen molar-refractivity contribution in [2.45, 2.75) is 58.0 Å². The molecule has 5 rings (SSSR count). The van der Waals surface area contributed by atoms with Crippen LogP contribution in [0.3, 0.4) is 0 Å². The van der Waals surface area contributed by atoms with Gasteiger partial charge in [-0.3, -0.25) is 9.47 Å². The highest BCUT2D eigenvalue weighted by molar-refractivity contribution is 5.87. The Morgan fingerprint density at radius 2 is 1.74 bits per heavy atom. The fourth-order valence-electron chi connectivity index (χ4n) is 5.80. The minimum atomic E-state index is -4.38. The molecule has 1 fully saturated rings. The number of benzene rings is 2. The number of alkyl halides is 3. The Balaban J connectivity index is 1.48. The molecule has 11 heteroatoms. The van der Waals surface area contributed by atoms with Gasteiger partial charge in [-0.2, -0.15) is 18.2 Å². The van der Waals surface area contributed by atoms with Crippen LogP contribution in [0.4, 0.5) is 24.8 Å². The van der Waals surface area contributed by atoms with Gasteiger partial charge < -0.3 is 14.5 Å². The van der Waals surface area contributed by atoms with Crippen LogP contribution < -0.4 is 15.3 Å². The zero-order valence-corrected chi connectivity index (χ0v) is 24.5. The molecule has 0 radical (unpaired) electrons. The summed E-state index contributed by atoms with van der Waals surface area (Å²) in [6.07, 6.45) is -3.60. The van der Waals surface area contributed by atoms with E-state index in [-0.39, 0.29) is 30.5 Å². The van der Waals surface area contributed by atoms with E-state index in [0.29, 0.717) is 35.7 Å². The number of hydrogen-bond acceptors (Lipinski definition) is 6. The number of hydrogen-bond donors (Lipinski definition) is 0. The standard InChI is InChI=1S/C32H33F3N6O2/c1-6-25-19-39(20(2)17-40(25)21(3)23-9-11-24(12-10-23)32(33,34)35)30-29-27(15-16-28(36-4)37-29)41(31(42)38-30)18-22-7-13-26(43-5)14-8-22/h7-16,20-21,25H,6,17-19H2,1-3,5H3/t20-,21?,25+/m0/s1. The van der Waals surface area contributed by atoms with Gasteiger partial charge in [-0.05, 0) is 67.8 Å². The van der Waals surface area contributed by atoms with Crippen molar-refractivity contribution in [3.63, 3.8) is 0 Å². The quantitative estimate of drug-likeness (QED) is 0.230. The Labute approximate surface area is 248 Å². The smallest absolute Gasteiger partial charge is 0.416 e. The summed E-state index contributed by atoms with van der Waals surface area (Å²) in [6, 6.07) is 16.0. The van der Waals surface area contributed by atoms with E-state index >= 15 is 0 Å². The van der Waals surface area contributed by atoms with E-state index in [1.165, 1.54) is 0 Å². The third-order valence-corrected chi connectivity index (χ3v) is 8.25. The van der Waals surface area contributed by atoms with Crippen LogP contribution in [0.1, 0.15) is 49.9 Å². The number of nitrogens with zero attached hydrogens (tertiary/aromatic N) is 6. The molecule has 1 aliphatic heterocycles. The SMILES string of the molecule is [C-]#[N+]c1ccc2c(n1)c(N1C[C@@H](CC)N(C(C)c3ccc(C(F)(F)F)cc3)C[C@@H]1C)nc(=O)n2Cc1ccc(OC)cc1. The lowest BCUT2D eigenvalue weighted by Crippen LogP contribution is -2.58. The topological polar surface area (TPSA) is 67.9 Å². The second-order valence-corrected chi connectivity index (χ2v) is 10.9. The molecule has 0 spiro atoms. The summed E-state index contributed by atoms with van der Waals surface area (Å²) in [5, 5.41) is 0. The molecule has 1 saturated heterocycles. The molecule has 8 nitrogen and oxygen atoms in total. The van der Waals surface area contributed by atoms with Crippen molar-refractivity contribution < 1.29 is 17.9 Å². The van der Waals surface area contributed by atoms with Gasteiger partial charge in [0.2, 0.25) is 5.52 Å². The predicted octanol–water partition coefficient (Wildman–Crippen LogP) is 6.47. The van der Waals surface area contributed by atoms with Crippen LogP contribution in [-0.4, -0.2) is 51.7 Å². The van der Waals surface area contributed by atoms with Gasteiger partial charge in [-0.25, -0.2) is 4.79 Å². The number of halogens is 3. The first-order valence-corrected chi connectivity index (χ1v) is 14.2. The number of rotatable bonds is 7. The number of ether oxygens (including phenoxy) is 1. The lowest BCUT2D eigenvalue weighted by Gasteiger charge is -2.48. The van der Waals surface area contributed by atoms with Gasteiger partial charge in [0.25, 0.3) is 5.82 Å². The van der Waals surface area contributed by atoms with Crippen molar-refractivity contribution in [3.8, 4) is 5.75 Å². The van der Waals surface area contributed by atoms with Crippen LogP contribution in [0.5, 0.6) is 5.75 Å². The Bertz CT molecular complexity index is 1700. The van der Waals surface area contributed by atoms with Gasteiger partial charge in [0.05, 0.1) is 24.7 Å². The van der Waals surface area contributed by atoms with Crippen LogP contribution in [0.15, 0.2) is 65.5 Å². The first-order chi connectivity index (χ1) is 20.5. The summed E-state index contributed by atoms with van der Waals surface area (Å²) in [5.41, 5.74) is 1.67. The molecule has 4 aromatic rings. The molecule has 3 atom stereocenters. The zero-order valence-electron chi connectivity index (χ0n) is 24.5.